The van der Waals surface area contributed by atoms with E-state index in [-0.39, 0.29) is 0 Å². The van der Waals surface area contributed by atoms with Gasteiger partial charge in [0.2, 0.25) is 0 Å². The second-order valence-electron chi connectivity index (χ2n) is 4.18. The summed E-state index contributed by atoms with van der Waals surface area (Å²) < 4.78 is 4.15. The Morgan fingerprint density at radius 1 is 1.58 bits per heavy atom. The maximum atomic E-state index is 9.18. The van der Waals surface area contributed by atoms with Crippen LogP contribution < -0.4 is 16.4 Å². The summed E-state index contributed by atoms with van der Waals surface area (Å²) in [7, 11) is 0. The molecule has 0 amide bonds. The Morgan fingerprint density at radius 2 is 2.32 bits per heavy atom. The van der Waals surface area contributed by atoms with Crippen molar-refractivity contribution >= 4 is 17.8 Å². The van der Waals surface area contributed by atoms with Gasteiger partial charge in [0, 0.05) is 12.2 Å². The van der Waals surface area contributed by atoms with E-state index in [0.717, 1.165) is 37.3 Å². The minimum Gasteiger partial charge on any atom is -0.468 e. The lowest BCUT2D eigenvalue weighted by Gasteiger charge is -2.25. The van der Waals surface area contributed by atoms with Crippen molar-refractivity contribution in [3.8, 4) is 0 Å². The van der Waals surface area contributed by atoms with Gasteiger partial charge >= 0.3 is 0 Å². The van der Waals surface area contributed by atoms with Crippen molar-refractivity contribution in [1.82, 2.24) is 10.3 Å². The second-order valence-corrected chi connectivity index (χ2v) is 4.18. The Morgan fingerprint density at radius 3 is 2.84 bits per heavy atom. The van der Waals surface area contributed by atoms with Crippen LogP contribution in [0.5, 0.6) is 0 Å². The summed E-state index contributed by atoms with van der Waals surface area (Å²) >= 11 is 0. The third-order valence-electron chi connectivity index (χ3n) is 2.79. The molecule has 1 aromatic rings. The van der Waals surface area contributed by atoms with Crippen molar-refractivity contribution in [2.75, 3.05) is 30.7 Å². The van der Waals surface area contributed by atoms with Crippen LogP contribution in [0.4, 0.5) is 11.4 Å². The molecule has 4 N–H and O–H groups in total. The molecule has 6 nitrogen and oxygen atoms in total. The van der Waals surface area contributed by atoms with Crippen LogP contribution in [-0.2, 0) is 9.53 Å². The molecule has 1 fully saturated rings. The van der Waals surface area contributed by atoms with E-state index in [2.05, 4.69) is 20.4 Å². The van der Waals surface area contributed by atoms with E-state index in [1.54, 1.807) is 19.3 Å². The zero-order valence-electron chi connectivity index (χ0n) is 11.3. The van der Waals surface area contributed by atoms with Crippen LogP contribution in [0.15, 0.2) is 18.5 Å². The third kappa shape index (κ3) is 6.05. The van der Waals surface area contributed by atoms with Crippen LogP contribution in [-0.4, -0.2) is 37.2 Å². The lowest BCUT2D eigenvalue weighted by atomic mass is 10.1. The van der Waals surface area contributed by atoms with Crippen molar-refractivity contribution in [2.45, 2.75) is 25.8 Å². The van der Waals surface area contributed by atoms with Gasteiger partial charge in [-0.25, -0.2) is 0 Å². The van der Waals surface area contributed by atoms with Gasteiger partial charge in [-0.2, -0.15) is 0 Å². The number of nitrogens with two attached hydrogens (primary N) is 1. The molecule has 1 aliphatic heterocycles. The first-order valence-corrected chi connectivity index (χ1v) is 6.50. The normalized spacial score (nSPS) is 15.0. The van der Waals surface area contributed by atoms with Crippen LogP contribution >= 0.6 is 0 Å². The molecule has 1 saturated heterocycles. The van der Waals surface area contributed by atoms with Gasteiger partial charge in [0.1, 0.15) is 0 Å². The van der Waals surface area contributed by atoms with Crippen molar-refractivity contribution in [3.63, 3.8) is 0 Å². The number of nitrogens with one attached hydrogen (secondary N) is 2. The molecule has 0 aromatic carbocycles. The minimum atomic E-state index is 0.431. The average Bonchev–Trinajstić information content (AvgIpc) is 2.44. The predicted molar refractivity (Wildman–Crippen MR) is 75.9 cm³/mol. The molecule has 19 heavy (non-hydrogen) atoms. The Hall–Kier alpha value is -1.82. The Balaban J connectivity index is 0.000000312. The molecule has 106 valence electrons. The number of hydrogen-bond donors (Lipinski definition) is 3. The van der Waals surface area contributed by atoms with Crippen molar-refractivity contribution in [1.29, 1.82) is 0 Å². The number of aromatic nitrogens is 1. The summed E-state index contributed by atoms with van der Waals surface area (Å²) in [4.78, 5) is 13.1. The van der Waals surface area contributed by atoms with Crippen LogP contribution in [0.1, 0.15) is 19.8 Å². The molecule has 0 saturated carbocycles. The Bertz CT molecular complexity index is 367. The lowest BCUT2D eigenvalue weighted by molar-refractivity contribution is -0.128. The van der Waals surface area contributed by atoms with Gasteiger partial charge in [0.25, 0.3) is 6.47 Å². The fourth-order valence-electron chi connectivity index (χ4n) is 1.79. The van der Waals surface area contributed by atoms with Crippen LogP contribution in [0.2, 0.25) is 0 Å². The standard InChI is InChI=1S/C10H16N4.C3H6O2/c11-9-7-13-6-3-10(9)14-8-1-4-12-5-2-8;1-2-5-3-4/h3,6-8,12H,1-2,4-5,11H2,(H,13,14);3H,2H2,1H3. The summed E-state index contributed by atoms with van der Waals surface area (Å²) in [5.74, 6) is 0. The molecule has 0 radical (unpaired) electrons. The molecule has 6 heteroatoms. The largest absolute Gasteiger partial charge is 0.468 e. The predicted octanol–water partition coefficient (Wildman–Crippen LogP) is 1.01. The van der Waals surface area contributed by atoms with Crippen LogP contribution in [0.25, 0.3) is 0 Å². The van der Waals surface area contributed by atoms with Gasteiger partial charge in [-0.3, -0.25) is 9.78 Å². The van der Waals surface area contributed by atoms with Crippen molar-refractivity contribution in [2.24, 2.45) is 0 Å². The second kappa shape index (κ2) is 9.16. The van der Waals surface area contributed by atoms with E-state index in [1.807, 2.05) is 6.07 Å². The van der Waals surface area contributed by atoms with Crippen molar-refractivity contribution in [3.05, 3.63) is 18.5 Å². The summed E-state index contributed by atoms with van der Waals surface area (Å²) in [6.07, 6.45) is 5.76. The van der Waals surface area contributed by atoms with E-state index in [4.69, 9.17) is 5.73 Å². The first-order chi connectivity index (χ1) is 9.27. The summed E-state index contributed by atoms with van der Waals surface area (Å²) in [5.41, 5.74) is 7.53. The maximum Gasteiger partial charge on any atom is 0.293 e. The van der Waals surface area contributed by atoms with Gasteiger partial charge in [-0.05, 0) is 38.9 Å². The molecule has 1 aliphatic rings. The monoisotopic (exact) mass is 266 g/mol. The zero-order valence-corrected chi connectivity index (χ0v) is 11.3. The molecular formula is C13H22N4O2. The highest BCUT2D eigenvalue weighted by atomic mass is 16.5. The highest BCUT2D eigenvalue weighted by molar-refractivity contribution is 5.64. The van der Waals surface area contributed by atoms with Crippen LogP contribution in [0.3, 0.4) is 0 Å². The molecule has 0 atom stereocenters. The quantitative estimate of drug-likeness (QED) is 0.705. The van der Waals surface area contributed by atoms with E-state index >= 15 is 0 Å². The third-order valence-corrected chi connectivity index (χ3v) is 2.79. The van der Waals surface area contributed by atoms with E-state index in [9.17, 15) is 4.79 Å². The molecule has 1 aromatic heterocycles. The Labute approximate surface area is 113 Å². The van der Waals surface area contributed by atoms with Gasteiger partial charge in [-0.15, -0.1) is 0 Å². The lowest BCUT2D eigenvalue weighted by Crippen LogP contribution is -2.35. The summed E-state index contributed by atoms with van der Waals surface area (Å²) in [6.45, 7) is 4.84. The average molecular weight is 266 g/mol. The van der Waals surface area contributed by atoms with Crippen molar-refractivity contribution < 1.29 is 9.53 Å². The number of rotatable bonds is 4. The molecular weight excluding hydrogens is 244 g/mol. The van der Waals surface area contributed by atoms with E-state index < -0.39 is 0 Å². The molecule has 0 aliphatic carbocycles. The Kier molecular flexibility index (Phi) is 7.34. The van der Waals surface area contributed by atoms with E-state index in [1.165, 1.54) is 0 Å². The van der Waals surface area contributed by atoms with E-state index in [0.29, 0.717) is 19.1 Å². The number of ether oxygens (including phenoxy) is 1. The topological polar surface area (TPSA) is 89.3 Å². The molecule has 2 heterocycles. The molecule has 0 unspecified atom stereocenters. The highest BCUT2D eigenvalue weighted by Crippen LogP contribution is 2.18. The van der Waals surface area contributed by atoms with Gasteiger partial charge in [0.05, 0.1) is 24.2 Å². The van der Waals surface area contributed by atoms with Crippen LogP contribution in [0, 0.1) is 0 Å². The maximum absolute atomic E-state index is 9.18. The zero-order chi connectivity index (χ0) is 13.9. The summed E-state index contributed by atoms with van der Waals surface area (Å²) in [6, 6.07) is 2.47. The smallest absolute Gasteiger partial charge is 0.293 e. The number of nitrogens with zero attached hydrogens (tertiary/aromatic N) is 1. The fourth-order valence-corrected chi connectivity index (χ4v) is 1.79. The number of carbonyl (C=O) groups is 1. The molecule has 0 bridgehead atoms. The number of carbonyl (C=O) groups excluding carboxylic acids is 1. The highest BCUT2D eigenvalue weighted by Gasteiger charge is 2.12. The number of anilines is 2. The number of pyridine rings is 1. The first-order valence-electron chi connectivity index (χ1n) is 6.50. The SMILES string of the molecule is CCOC=O.Nc1cnccc1NC1CCNCC1. The minimum absolute atomic E-state index is 0.431. The number of hydrogen-bond acceptors (Lipinski definition) is 6. The first kappa shape index (κ1) is 15.2. The van der Waals surface area contributed by atoms with Gasteiger partial charge in [-0.1, -0.05) is 0 Å². The molecule has 0 spiro atoms. The number of piperidine rings is 1. The fraction of sp³-hybridized carbons (Fsp3) is 0.538. The number of nitrogen functional groups attached to an aromatic ring is 1. The molecule has 2 rings (SSSR count). The van der Waals surface area contributed by atoms with Gasteiger partial charge < -0.3 is 21.1 Å². The van der Waals surface area contributed by atoms with Gasteiger partial charge in [0.15, 0.2) is 0 Å². The summed E-state index contributed by atoms with van der Waals surface area (Å²) in [5, 5.41) is 6.78.